The molecule has 1 heterocycles. The molecule has 3 unspecified atom stereocenters. The summed E-state index contributed by atoms with van der Waals surface area (Å²) in [6, 6.07) is -2.11. The summed E-state index contributed by atoms with van der Waals surface area (Å²) in [7, 11) is 0. The lowest BCUT2D eigenvalue weighted by atomic mass is 9.81. The molecular formula is C29H53N5O5. The van der Waals surface area contributed by atoms with Gasteiger partial charge in [0.1, 0.15) is 12.1 Å². The van der Waals surface area contributed by atoms with E-state index >= 15 is 0 Å². The van der Waals surface area contributed by atoms with Crippen LogP contribution in [0.25, 0.3) is 0 Å². The highest BCUT2D eigenvalue weighted by Gasteiger charge is 2.42. The molecule has 1 aliphatic rings. The van der Waals surface area contributed by atoms with Crippen molar-refractivity contribution in [3.63, 3.8) is 0 Å². The van der Waals surface area contributed by atoms with E-state index in [0.29, 0.717) is 19.4 Å². The van der Waals surface area contributed by atoms with Crippen molar-refractivity contribution in [2.45, 2.75) is 119 Å². The third kappa shape index (κ3) is 10.2. The van der Waals surface area contributed by atoms with E-state index < -0.39 is 35.4 Å². The number of nitrogens with zero attached hydrogens (tertiary/aromatic N) is 1. The SMILES string of the molecule is CCC(C)(C)NCC(=O)NC(C(=O)NCC(=O)NC(C(=O)N1CCCC1C(=O)C(C)(C)CC)C(C)C)C(C)C. The highest BCUT2D eigenvalue weighted by Crippen LogP contribution is 2.30. The van der Waals surface area contributed by atoms with Gasteiger partial charge in [-0.15, -0.1) is 0 Å². The zero-order chi connectivity index (χ0) is 30.1. The average molecular weight is 552 g/mol. The van der Waals surface area contributed by atoms with Gasteiger partial charge >= 0.3 is 0 Å². The molecule has 1 aliphatic heterocycles. The standard InChI is InChI=1S/C29H53N5O5/c1-11-28(7,8)25(37)20-14-13-15-34(20)27(39)24(19(5)6)33-21(35)16-30-26(38)23(18(3)4)32-22(36)17-31-29(9,10)12-2/h18-20,23-24,31H,11-17H2,1-10H3,(H,30,38)(H,32,36)(H,33,35). The summed E-state index contributed by atoms with van der Waals surface area (Å²) in [5.41, 5.74) is -0.733. The van der Waals surface area contributed by atoms with Crippen molar-refractivity contribution in [1.29, 1.82) is 0 Å². The fourth-order valence-corrected chi connectivity index (χ4v) is 4.33. The van der Waals surface area contributed by atoms with Gasteiger partial charge in [-0.25, -0.2) is 0 Å². The third-order valence-corrected chi connectivity index (χ3v) is 7.94. The molecule has 0 aromatic heterocycles. The number of hydrogen-bond acceptors (Lipinski definition) is 6. The van der Waals surface area contributed by atoms with Crippen LogP contribution in [0.4, 0.5) is 0 Å². The smallest absolute Gasteiger partial charge is 0.246 e. The first-order valence-corrected chi connectivity index (χ1v) is 14.4. The van der Waals surface area contributed by atoms with Crippen molar-refractivity contribution >= 4 is 29.4 Å². The summed E-state index contributed by atoms with van der Waals surface area (Å²) in [5.74, 6) is -1.92. The van der Waals surface area contributed by atoms with E-state index in [-0.39, 0.29) is 48.1 Å². The van der Waals surface area contributed by atoms with Crippen LogP contribution in [0.3, 0.4) is 0 Å². The van der Waals surface area contributed by atoms with Crippen molar-refractivity contribution in [2.75, 3.05) is 19.6 Å². The number of amides is 4. The van der Waals surface area contributed by atoms with Gasteiger partial charge in [0.25, 0.3) is 0 Å². The molecule has 0 aromatic rings. The number of hydrogen-bond donors (Lipinski definition) is 4. The van der Waals surface area contributed by atoms with Gasteiger partial charge in [0.15, 0.2) is 5.78 Å². The van der Waals surface area contributed by atoms with Crippen molar-refractivity contribution in [1.82, 2.24) is 26.2 Å². The summed E-state index contributed by atoms with van der Waals surface area (Å²) in [6.07, 6.45) is 2.88. The molecule has 0 bridgehead atoms. The van der Waals surface area contributed by atoms with Crippen molar-refractivity contribution < 1.29 is 24.0 Å². The number of likely N-dealkylation sites (tertiary alicyclic amines) is 1. The van der Waals surface area contributed by atoms with E-state index in [1.165, 1.54) is 0 Å². The number of carbonyl (C=O) groups excluding carboxylic acids is 5. The van der Waals surface area contributed by atoms with Crippen LogP contribution in [0.5, 0.6) is 0 Å². The molecule has 1 rings (SSSR count). The number of rotatable bonds is 15. The first-order valence-electron chi connectivity index (χ1n) is 14.4. The topological polar surface area (TPSA) is 137 Å². The van der Waals surface area contributed by atoms with Crippen LogP contribution in [0.1, 0.15) is 94.9 Å². The Kier molecular flexibility index (Phi) is 13.1. The summed E-state index contributed by atoms with van der Waals surface area (Å²) < 4.78 is 0. The normalized spacial score (nSPS) is 17.6. The van der Waals surface area contributed by atoms with E-state index in [4.69, 9.17) is 0 Å². The first-order chi connectivity index (χ1) is 18.0. The molecule has 1 fully saturated rings. The third-order valence-electron chi connectivity index (χ3n) is 7.94. The largest absolute Gasteiger partial charge is 0.345 e. The molecule has 39 heavy (non-hydrogen) atoms. The van der Waals surface area contributed by atoms with E-state index in [9.17, 15) is 24.0 Å². The lowest BCUT2D eigenvalue weighted by Gasteiger charge is -2.34. The Hall–Kier alpha value is -2.49. The molecule has 0 radical (unpaired) electrons. The summed E-state index contributed by atoms with van der Waals surface area (Å²) >= 11 is 0. The van der Waals surface area contributed by atoms with Crippen molar-refractivity contribution in [2.24, 2.45) is 17.3 Å². The van der Waals surface area contributed by atoms with E-state index in [0.717, 1.165) is 12.8 Å². The average Bonchev–Trinajstić information content (AvgIpc) is 3.36. The molecule has 0 aliphatic carbocycles. The van der Waals surface area contributed by atoms with E-state index in [2.05, 4.69) is 21.3 Å². The lowest BCUT2D eigenvalue weighted by molar-refractivity contribution is -0.144. The van der Waals surface area contributed by atoms with Gasteiger partial charge in [-0.05, 0) is 51.4 Å². The second-order valence-corrected chi connectivity index (χ2v) is 12.7. The Balaban J connectivity index is 2.79. The van der Waals surface area contributed by atoms with Gasteiger partial charge in [-0.3, -0.25) is 24.0 Å². The molecule has 0 spiro atoms. The minimum atomic E-state index is -0.818. The van der Waals surface area contributed by atoms with E-state index in [1.807, 2.05) is 69.2 Å². The maximum atomic E-state index is 13.5. The Labute approximate surface area is 235 Å². The highest BCUT2D eigenvalue weighted by molar-refractivity contribution is 5.96. The molecule has 0 aromatic carbocycles. The molecule has 0 saturated carbocycles. The van der Waals surface area contributed by atoms with Gasteiger partial charge in [0.2, 0.25) is 23.6 Å². The lowest BCUT2D eigenvalue weighted by Crippen LogP contribution is -2.57. The predicted molar refractivity (Wildman–Crippen MR) is 153 cm³/mol. The fraction of sp³-hybridized carbons (Fsp3) is 0.828. The van der Waals surface area contributed by atoms with Crippen LogP contribution in [0.2, 0.25) is 0 Å². The van der Waals surface area contributed by atoms with E-state index in [1.54, 1.807) is 4.90 Å². The van der Waals surface area contributed by atoms with Crippen molar-refractivity contribution in [3.05, 3.63) is 0 Å². The highest BCUT2D eigenvalue weighted by atomic mass is 16.2. The van der Waals surface area contributed by atoms with Crippen molar-refractivity contribution in [3.8, 4) is 0 Å². The maximum Gasteiger partial charge on any atom is 0.246 e. The monoisotopic (exact) mass is 551 g/mol. The van der Waals surface area contributed by atoms with Crippen LogP contribution >= 0.6 is 0 Å². The van der Waals surface area contributed by atoms with Crippen LogP contribution in [-0.2, 0) is 24.0 Å². The van der Waals surface area contributed by atoms with Crippen LogP contribution in [-0.4, -0.2) is 77.6 Å². The molecular weight excluding hydrogens is 498 g/mol. The second-order valence-electron chi connectivity index (χ2n) is 12.7. The summed E-state index contributed by atoms with van der Waals surface area (Å²) in [4.78, 5) is 66.3. The molecule has 4 N–H and O–H groups in total. The summed E-state index contributed by atoms with van der Waals surface area (Å²) in [6.45, 7) is 19.3. The zero-order valence-electron chi connectivity index (χ0n) is 25.8. The quantitative estimate of drug-likeness (QED) is 0.246. The number of ketones is 1. The minimum Gasteiger partial charge on any atom is -0.345 e. The number of Topliss-reactive ketones (excluding diaryl/α,β-unsaturated/α-hetero) is 1. The molecule has 10 heteroatoms. The Bertz CT molecular complexity index is 883. The van der Waals surface area contributed by atoms with Gasteiger partial charge in [-0.2, -0.15) is 0 Å². The van der Waals surface area contributed by atoms with Gasteiger partial charge in [0, 0.05) is 17.5 Å². The number of nitrogens with one attached hydrogen (secondary N) is 4. The van der Waals surface area contributed by atoms with Crippen LogP contribution < -0.4 is 21.3 Å². The van der Waals surface area contributed by atoms with Gasteiger partial charge in [0.05, 0.1) is 19.1 Å². The van der Waals surface area contributed by atoms with Crippen LogP contribution in [0.15, 0.2) is 0 Å². The Morgan fingerprint density at radius 3 is 1.87 bits per heavy atom. The van der Waals surface area contributed by atoms with Gasteiger partial charge < -0.3 is 26.2 Å². The predicted octanol–water partition coefficient (Wildman–Crippen LogP) is 2.16. The fourth-order valence-electron chi connectivity index (χ4n) is 4.33. The first kappa shape index (κ1) is 34.5. The number of carbonyl (C=O) groups is 5. The molecule has 224 valence electrons. The molecule has 1 saturated heterocycles. The zero-order valence-corrected chi connectivity index (χ0v) is 25.8. The maximum absolute atomic E-state index is 13.5. The minimum absolute atomic E-state index is 0.0483. The Morgan fingerprint density at radius 2 is 1.36 bits per heavy atom. The molecule has 10 nitrogen and oxygen atoms in total. The second kappa shape index (κ2) is 14.8. The molecule has 4 amide bonds. The van der Waals surface area contributed by atoms with Gasteiger partial charge in [-0.1, -0.05) is 55.4 Å². The Morgan fingerprint density at radius 1 is 0.821 bits per heavy atom. The molecule has 3 atom stereocenters. The van der Waals surface area contributed by atoms with Crippen LogP contribution in [0, 0.1) is 17.3 Å². The summed E-state index contributed by atoms with van der Waals surface area (Å²) in [5, 5.41) is 11.3.